The number of carbonyl (C=O) groups is 1. The topological polar surface area (TPSA) is 88.2 Å². The second kappa shape index (κ2) is 6.12. The van der Waals surface area contributed by atoms with Crippen LogP contribution >= 0.6 is 0 Å². The van der Waals surface area contributed by atoms with Gasteiger partial charge < -0.3 is 16.2 Å². The van der Waals surface area contributed by atoms with E-state index in [1.54, 1.807) is 18.3 Å². The minimum absolute atomic E-state index is 0.0527. The molecule has 6 heteroatoms. The molecule has 1 heterocycles. The number of halogens is 1. The van der Waals surface area contributed by atoms with E-state index < -0.39 is 11.6 Å². The number of aromatic hydroxyl groups is 1. The molecule has 0 saturated heterocycles. The molecule has 20 heavy (non-hydrogen) atoms. The average molecular weight is 275 g/mol. The summed E-state index contributed by atoms with van der Waals surface area (Å²) in [6.07, 6.45) is 1.64. The van der Waals surface area contributed by atoms with Crippen LogP contribution in [0.4, 0.5) is 10.1 Å². The number of nitrogens with zero attached hydrogens (tertiary/aromatic N) is 1. The average Bonchev–Trinajstić information content (AvgIpc) is 2.44. The summed E-state index contributed by atoms with van der Waals surface area (Å²) in [5.74, 6) is -1.74. The zero-order chi connectivity index (χ0) is 14.5. The van der Waals surface area contributed by atoms with Crippen molar-refractivity contribution in [1.82, 2.24) is 4.98 Å². The third-order valence-corrected chi connectivity index (χ3v) is 2.71. The van der Waals surface area contributed by atoms with E-state index in [-0.39, 0.29) is 24.6 Å². The largest absolute Gasteiger partial charge is 0.505 e. The number of phenols is 1. The molecule has 5 nitrogen and oxygen atoms in total. The summed E-state index contributed by atoms with van der Waals surface area (Å²) in [6, 6.07) is 7.45. The fourth-order valence-corrected chi connectivity index (χ4v) is 1.75. The molecule has 1 aromatic carbocycles. The van der Waals surface area contributed by atoms with Gasteiger partial charge in [-0.25, -0.2) is 4.39 Å². The first kappa shape index (κ1) is 14.0. The van der Waals surface area contributed by atoms with E-state index in [1.807, 2.05) is 0 Å². The first-order valence-corrected chi connectivity index (χ1v) is 6.01. The number of amides is 1. The van der Waals surface area contributed by atoms with E-state index in [2.05, 4.69) is 10.3 Å². The van der Waals surface area contributed by atoms with Crippen LogP contribution in [0, 0.1) is 5.82 Å². The molecular formula is C14H14FN3O2. The van der Waals surface area contributed by atoms with Gasteiger partial charge in [-0.2, -0.15) is 0 Å². The Morgan fingerprint density at radius 2 is 2.20 bits per heavy atom. The molecule has 0 unspecified atom stereocenters. The van der Waals surface area contributed by atoms with Crippen LogP contribution in [0.25, 0.3) is 0 Å². The molecule has 0 bridgehead atoms. The fraction of sp³-hybridized carbons (Fsp3) is 0.143. The molecule has 0 fully saturated rings. The number of hydrogen-bond donors (Lipinski definition) is 3. The van der Waals surface area contributed by atoms with E-state index in [1.165, 1.54) is 18.2 Å². The Bertz CT molecular complexity index is 632. The molecule has 0 atom stereocenters. The Balaban J connectivity index is 2.07. The van der Waals surface area contributed by atoms with Crippen molar-refractivity contribution in [2.45, 2.75) is 13.0 Å². The summed E-state index contributed by atoms with van der Waals surface area (Å²) in [4.78, 5) is 15.9. The van der Waals surface area contributed by atoms with Gasteiger partial charge in [0.15, 0.2) is 11.6 Å². The lowest BCUT2D eigenvalue weighted by Crippen LogP contribution is -2.15. The van der Waals surface area contributed by atoms with Crippen molar-refractivity contribution in [2.75, 3.05) is 5.32 Å². The Morgan fingerprint density at radius 3 is 2.95 bits per heavy atom. The van der Waals surface area contributed by atoms with Crippen LogP contribution in [0.2, 0.25) is 0 Å². The number of pyridine rings is 1. The third kappa shape index (κ3) is 3.30. The quantitative estimate of drug-likeness (QED) is 0.790. The summed E-state index contributed by atoms with van der Waals surface area (Å²) in [7, 11) is 0. The Labute approximate surface area is 115 Å². The van der Waals surface area contributed by atoms with E-state index in [0.29, 0.717) is 5.69 Å². The van der Waals surface area contributed by atoms with Gasteiger partial charge in [0, 0.05) is 12.7 Å². The smallest absolute Gasteiger partial charge is 0.228 e. The number of aromatic nitrogens is 1. The number of nitrogens with two attached hydrogens (primary N) is 1. The van der Waals surface area contributed by atoms with Gasteiger partial charge in [0.1, 0.15) is 0 Å². The number of hydrogen-bond acceptors (Lipinski definition) is 4. The Morgan fingerprint density at radius 1 is 1.40 bits per heavy atom. The predicted octanol–water partition coefficient (Wildman–Crippen LogP) is 1.57. The molecule has 1 aromatic heterocycles. The van der Waals surface area contributed by atoms with Crippen molar-refractivity contribution in [3.8, 4) is 5.75 Å². The highest BCUT2D eigenvalue weighted by molar-refractivity contribution is 5.92. The summed E-state index contributed by atoms with van der Waals surface area (Å²) >= 11 is 0. The number of anilines is 1. The molecule has 2 rings (SSSR count). The zero-order valence-electron chi connectivity index (χ0n) is 10.6. The van der Waals surface area contributed by atoms with Gasteiger partial charge in [-0.1, -0.05) is 6.07 Å². The summed E-state index contributed by atoms with van der Waals surface area (Å²) in [6.45, 7) is 0.288. The van der Waals surface area contributed by atoms with Gasteiger partial charge in [0.25, 0.3) is 0 Å². The molecule has 104 valence electrons. The number of phenolic OH excluding ortho intramolecular Hbond substituents is 1. The summed E-state index contributed by atoms with van der Waals surface area (Å²) in [5, 5.41) is 11.6. The Kier molecular flexibility index (Phi) is 4.27. The van der Waals surface area contributed by atoms with Crippen LogP contribution in [0.15, 0.2) is 36.5 Å². The van der Waals surface area contributed by atoms with Gasteiger partial charge in [0.05, 0.1) is 17.8 Å². The van der Waals surface area contributed by atoms with Gasteiger partial charge >= 0.3 is 0 Å². The van der Waals surface area contributed by atoms with Crippen molar-refractivity contribution in [3.63, 3.8) is 0 Å². The van der Waals surface area contributed by atoms with Crippen molar-refractivity contribution >= 4 is 11.6 Å². The number of nitrogens with one attached hydrogen (secondary N) is 1. The van der Waals surface area contributed by atoms with Crippen LogP contribution in [-0.2, 0) is 17.8 Å². The van der Waals surface area contributed by atoms with Gasteiger partial charge in [-0.15, -0.1) is 0 Å². The first-order chi connectivity index (χ1) is 9.60. The Hall–Kier alpha value is -2.47. The molecule has 2 aromatic rings. The minimum Gasteiger partial charge on any atom is -0.505 e. The highest BCUT2D eigenvalue weighted by Crippen LogP contribution is 2.22. The van der Waals surface area contributed by atoms with E-state index >= 15 is 0 Å². The maximum Gasteiger partial charge on any atom is 0.228 e. The van der Waals surface area contributed by atoms with Crippen molar-refractivity contribution in [2.24, 2.45) is 5.73 Å². The van der Waals surface area contributed by atoms with Crippen molar-refractivity contribution in [3.05, 3.63) is 53.6 Å². The van der Waals surface area contributed by atoms with Crippen LogP contribution in [0.1, 0.15) is 11.3 Å². The SMILES string of the molecule is NCc1cc(CC(=O)Nc2cccc(O)c2F)ccn1. The highest BCUT2D eigenvalue weighted by Gasteiger charge is 2.10. The maximum atomic E-state index is 13.5. The second-order valence-electron chi connectivity index (χ2n) is 4.22. The number of carbonyl (C=O) groups excluding carboxylic acids is 1. The zero-order valence-corrected chi connectivity index (χ0v) is 10.6. The van der Waals surface area contributed by atoms with Gasteiger partial charge in [-0.3, -0.25) is 9.78 Å². The fourth-order valence-electron chi connectivity index (χ4n) is 1.75. The maximum absolute atomic E-state index is 13.5. The lowest BCUT2D eigenvalue weighted by molar-refractivity contribution is -0.115. The first-order valence-electron chi connectivity index (χ1n) is 6.01. The summed E-state index contributed by atoms with van der Waals surface area (Å²) < 4.78 is 13.5. The molecule has 4 N–H and O–H groups in total. The number of rotatable bonds is 4. The molecule has 0 spiro atoms. The van der Waals surface area contributed by atoms with Gasteiger partial charge in [-0.05, 0) is 29.8 Å². The van der Waals surface area contributed by atoms with Crippen LogP contribution in [-0.4, -0.2) is 16.0 Å². The van der Waals surface area contributed by atoms with Crippen LogP contribution in [0.3, 0.4) is 0 Å². The van der Waals surface area contributed by atoms with Crippen molar-refractivity contribution in [1.29, 1.82) is 0 Å². The lowest BCUT2D eigenvalue weighted by atomic mass is 10.1. The molecule has 0 saturated carbocycles. The van der Waals surface area contributed by atoms with Crippen LogP contribution in [0.5, 0.6) is 5.75 Å². The lowest BCUT2D eigenvalue weighted by Gasteiger charge is -2.07. The van der Waals surface area contributed by atoms with E-state index in [4.69, 9.17) is 5.73 Å². The minimum atomic E-state index is -0.849. The molecule has 0 aliphatic rings. The highest BCUT2D eigenvalue weighted by atomic mass is 19.1. The van der Waals surface area contributed by atoms with E-state index in [0.717, 1.165) is 5.56 Å². The summed E-state index contributed by atoms with van der Waals surface area (Å²) in [5.41, 5.74) is 6.83. The van der Waals surface area contributed by atoms with Crippen LogP contribution < -0.4 is 11.1 Å². The third-order valence-electron chi connectivity index (χ3n) is 2.71. The van der Waals surface area contributed by atoms with Crippen molar-refractivity contribution < 1.29 is 14.3 Å². The predicted molar refractivity (Wildman–Crippen MR) is 72.5 cm³/mol. The monoisotopic (exact) mass is 275 g/mol. The molecule has 0 aliphatic heterocycles. The van der Waals surface area contributed by atoms with E-state index in [9.17, 15) is 14.3 Å². The normalized spacial score (nSPS) is 10.3. The molecular weight excluding hydrogens is 261 g/mol. The second-order valence-corrected chi connectivity index (χ2v) is 4.22. The number of benzene rings is 1. The molecule has 0 radical (unpaired) electrons. The molecule has 1 amide bonds. The molecule has 0 aliphatic carbocycles. The standard InChI is InChI=1S/C14H14FN3O2/c15-14-11(2-1-3-12(14)19)18-13(20)7-9-4-5-17-10(6-9)8-16/h1-6,19H,7-8,16H2,(H,18,20). The van der Waals surface area contributed by atoms with Gasteiger partial charge in [0.2, 0.25) is 5.91 Å².